The number of nitrogens with two attached hydrogens (primary N) is 1. The Hall–Kier alpha value is -1.26. The van der Waals surface area contributed by atoms with Crippen LogP contribution in [0, 0.1) is 0 Å². The molecule has 0 spiro atoms. The first-order chi connectivity index (χ1) is 11.2. The number of aliphatic hydroxyl groups is 1. The van der Waals surface area contributed by atoms with E-state index >= 15 is 0 Å². The molecule has 1 aromatic carbocycles. The average Bonchev–Trinajstić information content (AvgIpc) is 2.55. The standard InChI is InChI=1S/C19H32N2O2/c1-3-12-23-19-8-7-16(14-18(19)20)13-15(2)21-10-5-4-6-17(21)9-11-22/h7-8,14-15,17,22H,3-6,9-13,20H2,1-2H3. The number of nitrogens with zero attached hydrogens (tertiary/aromatic N) is 1. The number of hydrogen-bond acceptors (Lipinski definition) is 4. The second kappa shape index (κ2) is 9.14. The molecule has 1 heterocycles. The van der Waals surface area contributed by atoms with Gasteiger partial charge < -0.3 is 15.6 Å². The normalized spacial score (nSPS) is 20.4. The van der Waals surface area contributed by atoms with Gasteiger partial charge in [0, 0.05) is 18.7 Å². The minimum atomic E-state index is 0.282. The summed E-state index contributed by atoms with van der Waals surface area (Å²) in [4.78, 5) is 2.57. The number of aliphatic hydroxyl groups excluding tert-OH is 1. The highest BCUT2D eigenvalue weighted by molar-refractivity contribution is 5.54. The van der Waals surface area contributed by atoms with Gasteiger partial charge in [0.25, 0.3) is 0 Å². The highest BCUT2D eigenvalue weighted by Gasteiger charge is 2.26. The van der Waals surface area contributed by atoms with Gasteiger partial charge in [0.1, 0.15) is 5.75 Å². The number of benzene rings is 1. The van der Waals surface area contributed by atoms with Gasteiger partial charge in [-0.25, -0.2) is 0 Å². The number of ether oxygens (including phenoxy) is 1. The number of likely N-dealkylation sites (tertiary alicyclic amines) is 1. The predicted molar refractivity (Wildman–Crippen MR) is 95.9 cm³/mol. The maximum absolute atomic E-state index is 9.29. The van der Waals surface area contributed by atoms with Crippen molar-refractivity contribution in [3.05, 3.63) is 23.8 Å². The van der Waals surface area contributed by atoms with E-state index in [0.717, 1.165) is 37.2 Å². The van der Waals surface area contributed by atoms with E-state index in [1.807, 2.05) is 12.1 Å². The van der Waals surface area contributed by atoms with Crippen molar-refractivity contribution in [1.82, 2.24) is 4.90 Å². The van der Waals surface area contributed by atoms with Crippen molar-refractivity contribution in [3.63, 3.8) is 0 Å². The topological polar surface area (TPSA) is 58.7 Å². The molecular weight excluding hydrogens is 288 g/mol. The van der Waals surface area contributed by atoms with Gasteiger partial charge in [-0.05, 0) is 63.3 Å². The molecule has 3 N–H and O–H groups in total. The fraction of sp³-hybridized carbons (Fsp3) is 0.684. The Balaban J connectivity index is 1.98. The molecular formula is C19H32N2O2. The van der Waals surface area contributed by atoms with Gasteiger partial charge in [-0.1, -0.05) is 19.4 Å². The molecule has 0 radical (unpaired) electrons. The molecule has 23 heavy (non-hydrogen) atoms. The minimum absolute atomic E-state index is 0.282. The van der Waals surface area contributed by atoms with Gasteiger partial charge in [-0.3, -0.25) is 4.90 Å². The number of rotatable bonds is 8. The zero-order valence-electron chi connectivity index (χ0n) is 14.6. The molecule has 0 bridgehead atoms. The van der Waals surface area contributed by atoms with Crippen molar-refractivity contribution in [2.75, 3.05) is 25.5 Å². The molecule has 2 unspecified atom stereocenters. The summed E-state index contributed by atoms with van der Waals surface area (Å²) in [6, 6.07) is 7.16. The van der Waals surface area contributed by atoms with Gasteiger partial charge in [0.05, 0.1) is 12.3 Å². The van der Waals surface area contributed by atoms with Crippen LogP contribution < -0.4 is 10.5 Å². The highest BCUT2D eigenvalue weighted by atomic mass is 16.5. The SMILES string of the molecule is CCCOc1ccc(CC(C)N2CCCCC2CCO)cc1N. The van der Waals surface area contributed by atoms with E-state index in [9.17, 15) is 5.11 Å². The second-order valence-electron chi connectivity index (χ2n) is 6.67. The third-order valence-electron chi connectivity index (χ3n) is 4.77. The van der Waals surface area contributed by atoms with Crippen LogP contribution >= 0.6 is 0 Å². The van der Waals surface area contributed by atoms with Crippen LogP contribution in [-0.2, 0) is 6.42 Å². The molecule has 1 aliphatic heterocycles. The molecule has 0 aliphatic carbocycles. The summed E-state index contributed by atoms with van der Waals surface area (Å²) in [7, 11) is 0. The van der Waals surface area contributed by atoms with Crippen molar-refractivity contribution >= 4 is 5.69 Å². The molecule has 1 aliphatic rings. The van der Waals surface area contributed by atoms with Gasteiger partial charge in [0.2, 0.25) is 0 Å². The smallest absolute Gasteiger partial charge is 0.142 e. The first kappa shape index (κ1) is 18.1. The molecule has 4 nitrogen and oxygen atoms in total. The van der Waals surface area contributed by atoms with E-state index in [2.05, 4.69) is 24.8 Å². The van der Waals surface area contributed by atoms with Gasteiger partial charge in [-0.2, -0.15) is 0 Å². The fourth-order valence-electron chi connectivity index (χ4n) is 3.59. The molecule has 4 heteroatoms. The van der Waals surface area contributed by atoms with Crippen molar-refractivity contribution < 1.29 is 9.84 Å². The van der Waals surface area contributed by atoms with Crippen LogP contribution in [0.4, 0.5) is 5.69 Å². The van der Waals surface area contributed by atoms with E-state index in [1.165, 1.54) is 24.8 Å². The lowest BCUT2D eigenvalue weighted by atomic mass is 9.95. The van der Waals surface area contributed by atoms with Crippen LogP contribution in [0.3, 0.4) is 0 Å². The van der Waals surface area contributed by atoms with Gasteiger partial charge >= 0.3 is 0 Å². The van der Waals surface area contributed by atoms with E-state index < -0.39 is 0 Å². The van der Waals surface area contributed by atoms with E-state index in [1.54, 1.807) is 0 Å². The maximum atomic E-state index is 9.29. The maximum Gasteiger partial charge on any atom is 0.142 e. The first-order valence-corrected chi connectivity index (χ1v) is 9.03. The van der Waals surface area contributed by atoms with Crippen LogP contribution in [0.2, 0.25) is 0 Å². The molecule has 0 saturated carbocycles. The zero-order valence-corrected chi connectivity index (χ0v) is 14.6. The number of hydrogen-bond donors (Lipinski definition) is 2. The Bertz CT molecular complexity index is 476. The van der Waals surface area contributed by atoms with Crippen LogP contribution in [0.15, 0.2) is 18.2 Å². The third-order valence-corrected chi connectivity index (χ3v) is 4.77. The predicted octanol–water partition coefficient (Wildman–Crippen LogP) is 3.23. The molecule has 2 atom stereocenters. The van der Waals surface area contributed by atoms with E-state index in [-0.39, 0.29) is 6.61 Å². The number of anilines is 1. The van der Waals surface area contributed by atoms with Crippen molar-refractivity contribution in [2.45, 2.75) is 64.5 Å². The highest BCUT2D eigenvalue weighted by Crippen LogP contribution is 2.26. The van der Waals surface area contributed by atoms with Crippen molar-refractivity contribution in [3.8, 4) is 5.75 Å². The van der Waals surface area contributed by atoms with Crippen LogP contribution in [0.5, 0.6) is 5.75 Å². The Morgan fingerprint density at radius 2 is 2.22 bits per heavy atom. The molecule has 0 aromatic heterocycles. The largest absolute Gasteiger partial charge is 0.491 e. The summed E-state index contributed by atoms with van der Waals surface area (Å²) in [5.41, 5.74) is 8.11. The third kappa shape index (κ3) is 5.11. The first-order valence-electron chi connectivity index (χ1n) is 9.03. The van der Waals surface area contributed by atoms with Crippen molar-refractivity contribution in [2.24, 2.45) is 0 Å². The van der Waals surface area contributed by atoms with Crippen LogP contribution in [-0.4, -0.2) is 41.8 Å². The van der Waals surface area contributed by atoms with Gasteiger partial charge in [-0.15, -0.1) is 0 Å². The fourth-order valence-corrected chi connectivity index (χ4v) is 3.59. The van der Waals surface area contributed by atoms with E-state index in [4.69, 9.17) is 10.5 Å². The lowest BCUT2D eigenvalue weighted by Gasteiger charge is -2.40. The monoisotopic (exact) mass is 320 g/mol. The molecule has 0 amide bonds. The Kier molecular flexibility index (Phi) is 7.18. The minimum Gasteiger partial charge on any atom is -0.491 e. The summed E-state index contributed by atoms with van der Waals surface area (Å²) in [5.74, 6) is 0.791. The lowest BCUT2D eigenvalue weighted by Crippen LogP contribution is -2.46. The zero-order chi connectivity index (χ0) is 16.7. The molecule has 130 valence electrons. The summed E-state index contributed by atoms with van der Waals surface area (Å²) in [5, 5.41) is 9.29. The summed E-state index contributed by atoms with van der Waals surface area (Å²) in [6.45, 7) is 6.50. The Morgan fingerprint density at radius 3 is 2.91 bits per heavy atom. The lowest BCUT2D eigenvalue weighted by molar-refractivity contribution is 0.0827. The Labute approximate surface area is 140 Å². The van der Waals surface area contributed by atoms with Crippen molar-refractivity contribution in [1.29, 1.82) is 0 Å². The van der Waals surface area contributed by atoms with Crippen LogP contribution in [0.25, 0.3) is 0 Å². The summed E-state index contributed by atoms with van der Waals surface area (Å²) >= 11 is 0. The number of nitrogen functional groups attached to an aromatic ring is 1. The summed E-state index contributed by atoms with van der Waals surface area (Å²) in [6.07, 6.45) is 6.61. The number of piperidine rings is 1. The Morgan fingerprint density at radius 1 is 1.39 bits per heavy atom. The molecule has 2 rings (SSSR count). The van der Waals surface area contributed by atoms with Gasteiger partial charge in [0.15, 0.2) is 0 Å². The molecule has 1 fully saturated rings. The van der Waals surface area contributed by atoms with Crippen LogP contribution in [0.1, 0.15) is 51.5 Å². The summed E-state index contributed by atoms with van der Waals surface area (Å²) < 4.78 is 5.65. The molecule has 1 saturated heterocycles. The molecule has 1 aromatic rings. The second-order valence-corrected chi connectivity index (χ2v) is 6.67. The average molecular weight is 320 g/mol. The quantitative estimate of drug-likeness (QED) is 0.722. The van der Waals surface area contributed by atoms with E-state index in [0.29, 0.717) is 18.7 Å².